The number of rotatable bonds is 5. The van der Waals surface area contributed by atoms with Crippen LogP contribution < -0.4 is 10.8 Å². The van der Waals surface area contributed by atoms with Crippen molar-refractivity contribution in [3.63, 3.8) is 0 Å². The van der Waals surface area contributed by atoms with E-state index in [0.29, 0.717) is 5.69 Å². The average Bonchev–Trinajstić information content (AvgIpc) is 2.54. The zero-order valence-corrected chi connectivity index (χ0v) is 11.9. The molecule has 114 valence electrons. The van der Waals surface area contributed by atoms with Crippen LogP contribution in [0.5, 0.6) is 0 Å². The van der Waals surface area contributed by atoms with Crippen LogP contribution >= 0.6 is 0 Å². The van der Waals surface area contributed by atoms with E-state index >= 15 is 0 Å². The molecule has 6 heteroatoms. The quantitative estimate of drug-likeness (QED) is 0.506. The number of amides is 1. The lowest BCUT2D eigenvalue weighted by Crippen LogP contribution is -2.57. The number of para-hydroxylation sites is 1. The monoisotopic (exact) mass is 301 g/mol. The smallest absolute Gasteiger partial charge is 0.252 e. The lowest BCUT2D eigenvalue weighted by Gasteiger charge is -2.27. The molecule has 22 heavy (non-hydrogen) atoms. The lowest BCUT2D eigenvalue weighted by atomic mass is 9.89. The summed E-state index contributed by atoms with van der Waals surface area (Å²) in [4.78, 5) is 12.4. The van der Waals surface area contributed by atoms with Gasteiger partial charge in [-0.2, -0.15) is 5.48 Å². The van der Waals surface area contributed by atoms with Crippen LogP contribution in [0.2, 0.25) is 0 Å². The minimum absolute atomic E-state index is 0.0604. The first-order valence-electron chi connectivity index (χ1n) is 6.60. The Morgan fingerprint density at radius 2 is 1.73 bits per heavy atom. The topological polar surface area (TPSA) is 85.2 Å². The molecule has 0 saturated carbocycles. The van der Waals surface area contributed by atoms with Crippen LogP contribution in [0.1, 0.15) is 12.5 Å². The van der Waals surface area contributed by atoms with E-state index in [2.05, 4.69) is 5.32 Å². The minimum atomic E-state index is -1.79. The molecular formula is C16H16FN3O2. The molecular weight excluding hydrogens is 285 g/mol. The Labute approximate surface area is 127 Å². The van der Waals surface area contributed by atoms with E-state index in [-0.39, 0.29) is 11.3 Å². The van der Waals surface area contributed by atoms with Gasteiger partial charge in [-0.15, -0.1) is 0 Å². The molecule has 2 rings (SSSR count). The van der Waals surface area contributed by atoms with E-state index in [4.69, 9.17) is 5.41 Å². The van der Waals surface area contributed by atoms with E-state index < -0.39 is 17.3 Å². The van der Waals surface area contributed by atoms with Gasteiger partial charge >= 0.3 is 0 Å². The highest BCUT2D eigenvalue weighted by Gasteiger charge is 2.39. The summed E-state index contributed by atoms with van der Waals surface area (Å²) in [5.41, 5.74) is 0.103. The molecule has 5 nitrogen and oxygen atoms in total. The molecule has 0 aromatic heterocycles. The van der Waals surface area contributed by atoms with Crippen molar-refractivity contribution in [2.45, 2.75) is 12.5 Å². The highest BCUT2D eigenvalue weighted by molar-refractivity contribution is 6.21. The number of anilines is 1. The van der Waals surface area contributed by atoms with E-state index in [1.807, 2.05) is 5.48 Å². The molecule has 0 radical (unpaired) electrons. The van der Waals surface area contributed by atoms with Crippen LogP contribution in [0.15, 0.2) is 54.6 Å². The minimum Gasteiger partial charge on any atom is -0.324 e. The summed E-state index contributed by atoms with van der Waals surface area (Å²) in [6, 6.07) is 14.2. The van der Waals surface area contributed by atoms with Crippen LogP contribution in [-0.4, -0.2) is 22.4 Å². The summed E-state index contributed by atoms with van der Waals surface area (Å²) in [5, 5.41) is 20.1. The Morgan fingerprint density at radius 3 is 2.32 bits per heavy atom. The van der Waals surface area contributed by atoms with Gasteiger partial charge in [0.2, 0.25) is 0 Å². The maximum absolute atomic E-state index is 13.8. The zero-order chi connectivity index (χ0) is 16.2. The van der Waals surface area contributed by atoms with Gasteiger partial charge < -0.3 is 15.9 Å². The lowest BCUT2D eigenvalue weighted by molar-refractivity contribution is -0.122. The van der Waals surface area contributed by atoms with E-state index in [1.54, 1.807) is 36.4 Å². The number of hydrogen-bond donors (Lipinski definition) is 4. The number of hydrogen-bond acceptors (Lipinski definition) is 4. The zero-order valence-electron chi connectivity index (χ0n) is 11.9. The third-order valence-electron chi connectivity index (χ3n) is 3.35. The summed E-state index contributed by atoms with van der Waals surface area (Å²) in [7, 11) is 0. The summed E-state index contributed by atoms with van der Waals surface area (Å²) < 4.78 is 13.8. The van der Waals surface area contributed by atoms with Gasteiger partial charge in [-0.1, -0.05) is 36.4 Å². The summed E-state index contributed by atoms with van der Waals surface area (Å²) in [5.74, 6) is -1.31. The fourth-order valence-corrected chi connectivity index (χ4v) is 1.93. The summed E-state index contributed by atoms with van der Waals surface area (Å²) >= 11 is 0. The SMILES string of the molecule is CC(NO)(C(=N)c1ccccc1F)C(=O)Nc1ccccc1. The van der Waals surface area contributed by atoms with Crippen molar-refractivity contribution in [3.8, 4) is 0 Å². The second-order valence-corrected chi connectivity index (χ2v) is 4.91. The third kappa shape index (κ3) is 3.03. The molecule has 0 aliphatic carbocycles. The van der Waals surface area contributed by atoms with E-state index in [0.717, 1.165) is 0 Å². The summed E-state index contributed by atoms with van der Waals surface area (Å²) in [6.45, 7) is 1.31. The van der Waals surface area contributed by atoms with Crippen molar-refractivity contribution in [2.24, 2.45) is 0 Å². The van der Waals surface area contributed by atoms with Gasteiger partial charge in [0.1, 0.15) is 5.82 Å². The van der Waals surface area contributed by atoms with Crippen molar-refractivity contribution in [3.05, 3.63) is 66.0 Å². The highest BCUT2D eigenvalue weighted by atomic mass is 19.1. The van der Waals surface area contributed by atoms with Gasteiger partial charge in [0.15, 0.2) is 5.54 Å². The van der Waals surface area contributed by atoms with Gasteiger partial charge in [0.05, 0.1) is 5.71 Å². The Kier molecular flexibility index (Phi) is 4.65. The predicted molar refractivity (Wildman–Crippen MR) is 81.6 cm³/mol. The molecule has 1 atom stereocenters. The molecule has 4 N–H and O–H groups in total. The van der Waals surface area contributed by atoms with E-state index in [9.17, 15) is 14.4 Å². The highest BCUT2D eigenvalue weighted by Crippen LogP contribution is 2.18. The molecule has 0 aliphatic rings. The van der Waals surface area contributed by atoms with Crippen molar-refractivity contribution in [1.29, 1.82) is 5.41 Å². The molecule has 0 bridgehead atoms. The standard InChI is InChI=1S/C16H16FN3O2/c1-16(20-22,14(18)12-9-5-6-10-13(12)17)15(21)19-11-7-3-2-4-8-11/h2-10,18,20,22H,1H3,(H,19,21). The average molecular weight is 301 g/mol. The Hall–Kier alpha value is -2.57. The second-order valence-electron chi connectivity index (χ2n) is 4.91. The maximum atomic E-state index is 13.8. The van der Waals surface area contributed by atoms with Crippen LogP contribution in [-0.2, 0) is 4.79 Å². The van der Waals surface area contributed by atoms with Gasteiger partial charge in [0.25, 0.3) is 5.91 Å². The second kappa shape index (κ2) is 6.46. The first-order chi connectivity index (χ1) is 10.5. The van der Waals surface area contributed by atoms with Crippen LogP contribution in [0.3, 0.4) is 0 Å². The van der Waals surface area contributed by atoms with Gasteiger partial charge in [-0.3, -0.25) is 4.79 Å². The number of carbonyl (C=O) groups excluding carboxylic acids is 1. The molecule has 1 unspecified atom stereocenters. The molecule has 1 amide bonds. The number of hydroxylamine groups is 1. The number of carbonyl (C=O) groups is 1. The molecule has 0 saturated heterocycles. The van der Waals surface area contributed by atoms with Crippen LogP contribution in [0.4, 0.5) is 10.1 Å². The predicted octanol–water partition coefficient (Wildman–Crippen LogP) is 2.57. The fourth-order valence-electron chi connectivity index (χ4n) is 1.93. The first kappa shape index (κ1) is 15.8. The third-order valence-corrected chi connectivity index (χ3v) is 3.35. The number of halogens is 1. The Balaban J connectivity index is 2.30. The van der Waals surface area contributed by atoms with Crippen molar-refractivity contribution < 1.29 is 14.4 Å². The van der Waals surface area contributed by atoms with Crippen molar-refractivity contribution in [1.82, 2.24) is 5.48 Å². The van der Waals surface area contributed by atoms with Gasteiger partial charge in [0, 0.05) is 11.3 Å². The van der Waals surface area contributed by atoms with Crippen LogP contribution in [0.25, 0.3) is 0 Å². The first-order valence-corrected chi connectivity index (χ1v) is 6.60. The molecule has 0 spiro atoms. The number of nitrogens with one attached hydrogen (secondary N) is 3. The van der Waals surface area contributed by atoms with Crippen molar-refractivity contribution >= 4 is 17.3 Å². The van der Waals surface area contributed by atoms with Gasteiger partial charge in [-0.25, -0.2) is 4.39 Å². The van der Waals surface area contributed by atoms with Gasteiger partial charge in [-0.05, 0) is 25.1 Å². The molecule has 2 aromatic rings. The maximum Gasteiger partial charge on any atom is 0.252 e. The Morgan fingerprint density at radius 1 is 1.14 bits per heavy atom. The molecule has 0 heterocycles. The fraction of sp³-hybridized carbons (Fsp3) is 0.125. The normalized spacial score (nSPS) is 13.2. The molecule has 0 aliphatic heterocycles. The van der Waals surface area contributed by atoms with E-state index in [1.165, 1.54) is 25.1 Å². The van der Waals surface area contributed by atoms with Crippen molar-refractivity contribution in [2.75, 3.05) is 5.32 Å². The molecule has 2 aromatic carbocycles. The summed E-state index contributed by atoms with van der Waals surface area (Å²) in [6.07, 6.45) is 0. The largest absolute Gasteiger partial charge is 0.324 e. The Bertz CT molecular complexity index is 691. The number of benzene rings is 2. The molecule has 0 fully saturated rings. The van der Waals surface area contributed by atoms with Crippen LogP contribution in [0, 0.1) is 11.2 Å².